The SMILES string of the molecule is Cc1cc(C(=O)O)ccc1NC(=O)c1cncc(F)c1. The van der Waals surface area contributed by atoms with Crippen molar-refractivity contribution < 1.29 is 19.1 Å². The Kier molecular flexibility index (Phi) is 3.74. The molecule has 1 amide bonds. The fourth-order valence-electron chi connectivity index (χ4n) is 1.67. The lowest BCUT2D eigenvalue weighted by Crippen LogP contribution is -2.13. The summed E-state index contributed by atoms with van der Waals surface area (Å²) in [4.78, 5) is 26.3. The third-order valence-corrected chi connectivity index (χ3v) is 2.69. The van der Waals surface area contributed by atoms with E-state index in [-0.39, 0.29) is 11.1 Å². The summed E-state index contributed by atoms with van der Waals surface area (Å²) in [6.07, 6.45) is 2.25. The number of aryl methyl sites for hydroxylation is 1. The minimum atomic E-state index is -1.04. The van der Waals surface area contributed by atoms with Crippen LogP contribution in [-0.2, 0) is 0 Å². The average molecular weight is 274 g/mol. The number of rotatable bonds is 3. The molecule has 0 fully saturated rings. The number of nitrogens with one attached hydrogen (secondary N) is 1. The van der Waals surface area contributed by atoms with Gasteiger partial charge in [-0.3, -0.25) is 9.78 Å². The van der Waals surface area contributed by atoms with Crippen LogP contribution >= 0.6 is 0 Å². The number of anilines is 1. The smallest absolute Gasteiger partial charge is 0.335 e. The number of pyridine rings is 1. The van der Waals surface area contributed by atoms with E-state index < -0.39 is 17.7 Å². The quantitative estimate of drug-likeness (QED) is 0.901. The van der Waals surface area contributed by atoms with Crippen molar-refractivity contribution in [2.24, 2.45) is 0 Å². The largest absolute Gasteiger partial charge is 0.478 e. The number of hydrogen-bond acceptors (Lipinski definition) is 3. The third kappa shape index (κ3) is 2.97. The minimum absolute atomic E-state index is 0.0895. The Bertz CT molecular complexity index is 686. The highest BCUT2D eigenvalue weighted by molar-refractivity contribution is 6.04. The van der Waals surface area contributed by atoms with Gasteiger partial charge in [0.15, 0.2) is 0 Å². The van der Waals surface area contributed by atoms with Gasteiger partial charge in [0.1, 0.15) is 5.82 Å². The van der Waals surface area contributed by atoms with Crippen LogP contribution in [0.5, 0.6) is 0 Å². The number of hydrogen-bond donors (Lipinski definition) is 2. The molecule has 20 heavy (non-hydrogen) atoms. The molecule has 0 saturated heterocycles. The van der Waals surface area contributed by atoms with Crippen molar-refractivity contribution in [1.29, 1.82) is 0 Å². The first kappa shape index (κ1) is 13.7. The molecule has 1 aromatic heterocycles. The highest BCUT2D eigenvalue weighted by Gasteiger charge is 2.11. The van der Waals surface area contributed by atoms with Gasteiger partial charge in [-0.2, -0.15) is 0 Å². The number of nitrogens with zero attached hydrogens (tertiary/aromatic N) is 1. The Morgan fingerprint density at radius 1 is 1.20 bits per heavy atom. The number of carboxylic acids is 1. The molecule has 2 aromatic rings. The second-order valence-corrected chi connectivity index (χ2v) is 4.18. The van der Waals surface area contributed by atoms with Crippen LogP contribution in [0, 0.1) is 12.7 Å². The second kappa shape index (κ2) is 5.48. The van der Waals surface area contributed by atoms with Crippen LogP contribution in [0.4, 0.5) is 10.1 Å². The lowest BCUT2D eigenvalue weighted by atomic mass is 10.1. The van der Waals surface area contributed by atoms with E-state index in [0.29, 0.717) is 11.3 Å². The van der Waals surface area contributed by atoms with E-state index in [9.17, 15) is 14.0 Å². The Balaban J connectivity index is 2.22. The van der Waals surface area contributed by atoms with E-state index in [2.05, 4.69) is 10.3 Å². The van der Waals surface area contributed by atoms with Gasteiger partial charge in [-0.25, -0.2) is 9.18 Å². The number of carboxylic acid groups (broad SMARTS) is 1. The predicted octanol–water partition coefficient (Wildman–Crippen LogP) is 2.48. The molecular formula is C14H11FN2O3. The lowest BCUT2D eigenvalue weighted by Gasteiger charge is -2.09. The third-order valence-electron chi connectivity index (χ3n) is 2.69. The standard InChI is InChI=1S/C14H11FN2O3/c1-8-4-9(14(19)20)2-3-12(8)17-13(18)10-5-11(15)7-16-6-10/h2-7H,1H3,(H,17,18)(H,19,20). The maximum atomic E-state index is 13.0. The van der Waals surface area contributed by atoms with Gasteiger partial charge in [0.05, 0.1) is 17.3 Å². The maximum absolute atomic E-state index is 13.0. The summed E-state index contributed by atoms with van der Waals surface area (Å²) in [6.45, 7) is 1.67. The van der Waals surface area contributed by atoms with Gasteiger partial charge in [-0.15, -0.1) is 0 Å². The van der Waals surface area contributed by atoms with Crippen molar-refractivity contribution >= 4 is 17.6 Å². The highest BCUT2D eigenvalue weighted by atomic mass is 19.1. The van der Waals surface area contributed by atoms with Crippen LogP contribution in [0.3, 0.4) is 0 Å². The summed E-state index contributed by atoms with van der Waals surface area (Å²) < 4.78 is 13.0. The molecular weight excluding hydrogens is 263 g/mol. The fraction of sp³-hybridized carbons (Fsp3) is 0.0714. The first-order valence-electron chi connectivity index (χ1n) is 5.73. The Morgan fingerprint density at radius 2 is 1.95 bits per heavy atom. The summed E-state index contributed by atoms with van der Waals surface area (Å²) >= 11 is 0. The zero-order valence-electron chi connectivity index (χ0n) is 10.6. The molecule has 6 heteroatoms. The summed E-state index contributed by atoms with van der Waals surface area (Å²) in [5, 5.41) is 11.4. The maximum Gasteiger partial charge on any atom is 0.335 e. The molecule has 0 saturated carbocycles. The lowest BCUT2D eigenvalue weighted by molar-refractivity contribution is 0.0696. The van der Waals surface area contributed by atoms with Gasteiger partial charge in [0, 0.05) is 11.9 Å². The van der Waals surface area contributed by atoms with Crippen LogP contribution in [0.1, 0.15) is 26.3 Å². The van der Waals surface area contributed by atoms with Crippen LogP contribution < -0.4 is 5.32 Å². The van der Waals surface area contributed by atoms with Crippen molar-refractivity contribution in [1.82, 2.24) is 4.98 Å². The van der Waals surface area contributed by atoms with E-state index >= 15 is 0 Å². The van der Waals surface area contributed by atoms with Crippen LogP contribution in [0.25, 0.3) is 0 Å². The molecule has 0 radical (unpaired) electrons. The number of carbonyl (C=O) groups excluding carboxylic acids is 1. The monoisotopic (exact) mass is 274 g/mol. The molecule has 1 heterocycles. The first-order chi connectivity index (χ1) is 9.47. The van der Waals surface area contributed by atoms with Crippen molar-refractivity contribution in [2.75, 3.05) is 5.32 Å². The summed E-state index contributed by atoms with van der Waals surface area (Å²) in [6, 6.07) is 5.39. The molecule has 0 aliphatic rings. The van der Waals surface area contributed by atoms with E-state index in [1.54, 1.807) is 6.92 Å². The van der Waals surface area contributed by atoms with Crippen molar-refractivity contribution in [3.8, 4) is 0 Å². The van der Waals surface area contributed by atoms with E-state index in [1.807, 2.05) is 0 Å². The molecule has 102 valence electrons. The second-order valence-electron chi connectivity index (χ2n) is 4.18. The van der Waals surface area contributed by atoms with E-state index in [0.717, 1.165) is 12.3 Å². The van der Waals surface area contributed by atoms with Gasteiger partial charge < -0.3 is 10.4 Å². The van der Waals surface area contributed by atoms with Gasteiger partial charge in [-0.1, -0.05) is 0 Å². The molecule has 0 spiro atoms. The fourth-order valence-corrected chi connectivity index (χ4v) is 1.67. The zero-order valence-corrected chi connectivity index (χ0v) is 10.6. The van der Waals surface area contributed by atoms with Crippen molar-refractivity contribution in [3.63, 3.8) is 0 Å². The predicted molar refractivity (Wildman–Crippen MR) is 70.3 cm³/mol. The molecule has 2 rings (SSSR count). The summed E-state index contributed by atoms with van der Waals surface area (Å²) in [5.41, 5.74) is 1.28. The van der Waals surface area contributed by atoms with E-state index in [1.165, 1.54) is 24.4 Å². The van der Waals surface area contributed by atoms with Gasteiger partial charge in [-0.05, 0) is 36.8 Å². The Morgan fingerprint density at radius 3 is 2.55 bits per heavy atom. The van der Waals surface area contributed by atoms with E-state index in [4.69, 9.17) is 5.11 Å². The molecule has 0 aliphatic heterocycles. The average Bonchev–Trinajstić information content (AvgIpc) is 2.40. The number of aromatic nitrogens is 1. The first-order valence-corrected chi connectivity index (χ1v) is 5.73. The van der Waals surface area contributed by atoms with Crippen LogP contribution in [0.2, 0.25) is 0 Å². The molecule has 2 N–H and O–H groups in total. The molecule has 0 unspecified atom stereocenters. The molecule has 1 aromatic carbocycles. The topological polar surface area (TPSA) is 79.3 Å². The van der Waals surface area contributed by atoms with Crippen molar-refractivity contribution in [3.05, 3.63) is 59.2 Å². The number of benzene rings is 1. The van der Waals surface area contributed by atoms with Crippen LogP contribution in [-0.4, -0.2) is 22.0 Å². The number of halogens is 1. The number of carbonyl (C=O) groups is 2. The van der Waals surface area contributed by atoms with Gasteiger partial charge in [0.2, 0.25) is 0 Å². The van der Waals surface area contributed by atoms with Gasteiger partial charge >= 0.3 is 5.97 Å². The number of amides is 1. The Hall–Kier alpha value is -2.76. The Labute approximate surface area is 114 Å². The molecule has 5 nitrogen and oxygen atoms in total. The normalized spacial score (nSPS) is 10.1. The molecule has 0 aliphatic carbocycles. The highest BCUT2D eigenvalue weighted by Crippen LogP contribution is 2.17. The minimum Gasteiger partial charge on any atom is -0.478 e. The molecule has 0 atom stereocenters. The summed E-state index contributed by atoms with van der Waals surface area (Å²) in [7, 11) is 0. The van der Waals surface area contributed by atoms with Crippen LogP contribution in [0.15, 0.2) is 36.7 Å². The van der Waals surface area contributed by atoms with Crippen molar-refractivity contribution in [2.45, 2.75) is 6.92 Å². The summed E-state index contributed by atoms with van der Waals surface area (Å²) in [5.74, 6) is -2.15. The molecule has 0 bridgehead atoms. The number of aromatic carboxylic acids is 1. The van der Waals surface area contributed by atoms with Gasteiger partial charge in [0.25, 0.3) is 5.91 Å². The zero-order chi connectivity index (χ0) is 14.7.